The van der Waals surface area contributed by atoms with Gasteiger partial charge < -0.3 is 9.88 Å². The smallest absolute Gasteiger partial charge is 0.220 e. The minimum atomic E-state index is -0.189. The summed E-state index contributed by atoms with van der Waals surface area (Å²) in [5.41, 5.74) is 4.97. The fourth-order valence-electron chi connectivity index (χ4n) is 3.13. The Labute approximate surface area is 176 Å². The molecule has 5 nitrogen and oxygen atoms in total. The van der Waals surface area contributed by atoms with E-state index in [1.54, 1.807) is 11.8 Å². The van der Waals surface area contributed by atoms with E-state index in [0.717, 1.165) is 23.2 Å². The normalized spacial score (nSPS) is 12.0. The molecular formula is C23H28N4OS. The molecular weight excluding hydrogens is 380 g/mol. The van der Waals surface area contributed by atoms with Gasteiger partial charge in [-0.05, 0) is 43.9 Å². The van der Waals surface area contributed by atoms with Gasteiger partial charge in [0.2, 0.25) is 5.91 Å². The zero-order valence-corrected chi connectivity index (χ0v) is 18.3. The van der Waals surface area contributed by atoms with Crippen LogP contribution in [0, 0.1) is 13.8 Å². The maximum absolute atomic E-state index is 12.4. The Morgan fingerprint density at radius 1 is 1.10 bits per heavy atom. The van der Waals surface area contributed by atoms with Crippen molar-refractivity contribution < 1.29 is 4.79 Å². The van der Waals surface area contributed by atoms with E-state index >= 15 is 0 Å². The lowest BCUT2D eigenvalue weighted by Crippen LogP contribution is -2.28. The van der Waals surface area contributed by atoms with E-state index in [4.69, 9.17) is 0 Å². The Bertz CT molecular complexity index is 965. The van der Waals surface area contributed by atoms with E-state index in [2.05, 4.69) is 71.8 Å². The van der Waals surface area contributed by atoms with Crippen molar-refractivity contribution in [3.05, 3.63) is 76.6 Å². The van der Waals surface area contributed by atoms with Gasteiger partial charge in [0.05, 0.1) is 6.04 Å². The minimum absolute atomic E-state index is 0.0233. The quantitative estimate of drug-likeness (QED) is 0.556. The number of amides is 1. The summed E-state index contributed by atoms with van der Waals surface area (Å²) in [7, 11) is 1.95. The van der Waals surface area contributed by atoms with Crippen molar-refractivity contribution in [1.29, 1.82) is 0 Å². The number of nitrogens with zero attached hydrogens (tertiary/aromatic N) is 3. The Morgan fingerprint density at radius 3 is 2.55 bits per heavy atom. The van der Waals surface area contributed by atoms with Crippen LogP contribution in [0.3, 0.4) is 0 Å². The lowest BCUT2D eigenvalue weighted by Gasteiger charge is -2.14. The molecule has 1 aromatic heterocycles. The molecule has 1 atom stereocenters. The van der Waals surface area contributed by atoms with Crippen LogP contribution < -0.4 is 5.32 Å². The molecule has 29 heavy (non-hydrogen) atoms. The first-order valence-electron chi connectivity index (χ1n) is 9.85. The van der Waals surface area contributed by atoms with E-state index in [1.165, 1.54) is 22.3 Å². The minimum Gasteiger partial charge on any atom is -0.346 e. The van der Waals surface area contributed by atoms with Crippen molar-refractivity contribution in [3.63, 3.8) is 0 Å². The number of aromatic nitrogens is 3. The number of hydrogen-bond acceptors (Lipinski definition) is 4. The number of rotatable bonds is 8. The number of thioether (sulfide) groups is 1. The molecule has 0 fully saturated rings. The SMILES string of the molecule is Cc1ccc(CCC(=O)NC(C)c2nnc(SCc3ccccc3C)n2C)cc1. The van der Waals surface area contributed by atoms with Crippen LogP contribution in [0.1, 0.15) is 47.5 Å². The van der Waals surface area contributed by atoms with Gasteiger partial charge in [0.15, 0.2) is 11.0 Å². The van der Waals surface area contributed by atoms with E-state index in [0.29, 0.717) is 6.42 Å². The standard InChI is InChI=1S/C23H28N4OS/c1-16-9-11-19(12-10-16)13-14-21(28)24-18(3)22-25-26-23(27(22)4)29-15-20-8-6-5-7-17(20)2/h5-12,18H,13-15H2,1-4H3,(H,24,28). The van der Waals surface area contributed by atoms with Gasteiger partial charge in [0, 0.05) is 19.2 Å². The summed E-state index contributed by atoms with van der Waals surface area (Å²) in [5.74, 6) is 1.63. The van der Waals surface area contributed by atoms with Crippen molar-refractivity contribution >= 4 is 17.7 Å². The first-order chi connectivity index (χ1) is 13.9. The molecule has 1 heterocycles. The molecule has 0 spiro atoms. The molecule has 0 radical (unpaired) electrons. The van der Waals surface area contributed by atoms with Crippen LogP contribution in [-0.4, -0.2) is 20.7 Å². The average Bonchev–Trinajstić information content (AvgIpc) is 3.07. The van der Waals surface area contributed by atoms with E-state index in [1.807, 2.05) is 24.6 Å². The van der Waals surface area contributed by atoms with Crippen LogP contribution in [0.4, 0.5) is 0 Å². The first kappa shape index (κ1) is 21.1. The highest BCUT2D eigenvalue weighted by atomic mass is 32.2. The zero-order chi connectivity index (χ0) is 20.8. The fraction of sp³-hybridized carbons (Fsp3) is 0.348. The Balaban J connectivity index is 1.54. The molecule has 0 saturated carbocycles. The van der Waals surface area contributed by atoms with Crippen molar-refractivity contribution in [3.8, 4) is 0 Å². The second kappa shape index (κ2) is 9.74. The Hall–Kier alpha value is -2.60. The zero-order valence-electron chi connectivity index (χ0n) is 17.5. The maximum Gasteiger partial charge on any atom is 0.220 e. The van der Waals surface area contributed by atoms with E-state index in [-0.39, 0.29) is 11.9 Å². The highest BCUT2D eigenvalue weighted by molar-refractivity contribution is 7.98. The number of benzene rings is 2. The molecule has 1 N–H and O–H groups in total. The summed E-state index contributed by atoms with van der Waals surface area (Å²) in [6, 6.07) is 16.5. The van der Waals surface area contributed by atoms with Gasteiger partial charge in [-0.15, -0.1) is 10.2 Å². The predicted molar refractivity (Wildman–Crippen MR) is 118 cm³/mol. The van der Waals surface area contributed by atoms with Crippen LogP contribution >= 0.6 is 11.8 Å². The topological polar surface area (TPSA) is 59.8 Å². The van der Waals surface area contributed by atoms with E-state index in [9.17, 15) is 4.79 Å². The largest absolute Gasteiger partial charge is 0.346 e. The van der Waals surface area contributed by atoms with Gasteiger partial charge in [-0.25, -0.2) is 0 Å². The summed E-state index contributed by atoms with van der Waals surface area (Å²) < 4.78 is 1.97. The molecule has 2 aromatic carbocycles. The van der Waals surface area contributed by atoms with Crippen molar-refractivity contribution in [1.82, 2.24) is 20.1 Å². The highest BCUT2D eigenvalue weighted by Gasteiger charge is 2.17. The molecule has 1 unspecified atom stereocenters. The lowest BCUT2D eigenvalue weighted by molar-refractivity contribution is -0.121. The monoisotopic (exact) mass is 408 g/mol. The van der Waals surface area contributed by atoms with Gasteiger partial charge in [-0.2, -0.15) is 0 Å². The summed E-state index contributed by atoms with van der Waals surface area (Å²) in [6.45, 7) is 6.13. The maximum atomic E-state index is 12.4. The predicted octanol–water partition coefficient (Wildman–Crippen LogP) is 4.53. The summed E-state index contributed by atoms with van der Waals surface area (Å²) in [6.07, 6.45) is 1.19. The summed E-state index contributed by atoms with van der Waals surface area (Å²) >= 11 is 1.66. The third kappa shape index (κ3) is 5.70. The molecule has 1 amide bonds. The number of nitrogens with one attached hydrogen (secondary N) is 1. The second-order valence-electron chi connectivity index (χ2n) is 7.39. The molecule has 6 heteroatoms. The fourth-order valence-corrected chi connectivity index (χ4v) is 4.13. The number of aryl methyl sites for hydroxylation is 3. The van der Waals surface area contributed by atoms with Gasteiger partial charge >= 0.3 is 0 Å². The lowest BCUT2D eigenvalue weighted by atomic mass is 10.1. The highest BCUT2D eigenvalue weighted by Crippen LogP contribution is 2.24. The first-order valence-corrected chi connectivity index (χ1v) is 10.8. The molecule has 0 aliphatic heterocycles. The van der Waals surface area contributed by atoms with E-state index < -0.39 is 0 Å². The van der Waals surface area contributed by atoms with Gasteiger partial charge in [0.25, 0.3) is 0 Å². The Kier molecular flexibility index (Phi) is 7.09. The molecule has 0 bridgehead atoms. The van der Waals surface area contributed by atoms with Crippen molar-refractivity contribution in [2.24, 2.45) is 7.05 Å². The number of hydrogen-bond donors (Lipinski definition) is 1. The number of carbonyl (C=O) groups excluding carboxylic acids is 1. The molecule has 0 aliphatic rings. The van der Waals surface area contributed by atoms with Crippen LogP contribution in [0.15, 0.2) is 53.7 Å². The van der Waals surface area contributed by atoms with Gasteiger partial charge in [0.1, 0.15) is 0 Å². The van der Waals surface area contributed by atoms with Gasteiger partial charge in [-0.3, -0.25) is 4.79 Å². The molecule has 152 valence electrons. The number of carbonyl (C=O) groups is 1. The third-order valence-corrected chi connectivity index (χ3v) is 6.08. The summed E-state index contributed by atoms with van der Waals surface area (Å²) in [4.78, 5) is 12.4. The van der Waals surface area contributed by atoms with Gasteiger partial charge in [-0.1, -0.05) is 65.9 Å². The third-order valence-electron chi connectivity index (χ3n) is 5.01. The molecule has 3 aromatic rings. The summed E-state index contributed by atoms with van der Waals surface area (Å²) in [5, 5.41) is 12.5. The van der Waals surface area contributed by atoms with Crippen LogP contribution in [0.5, 0.6) is 0 Å². The molecule has 0 saturated heterocycles. The molecule has 0 aliphatic carbocycles. The van der Waals surface area contributed by atoms with Crippen LogP contribution in [0.25, 0.3) is 0 Å². The van der Waals surface area contributed by atoms with Crippen molar-refractivity contribution in [2.75, 3.05) is 0 Å². The Morgan fingerprint density at radius 2 is 1.83 bits per heavy atom. The van der Waals surface area contributed by atoms with Crippen molar-refractivity contribution in [2.45, 2.75) is 50.6 Å². The second-order valence-corrected chi connectivity index (χ2v) is 8.33. The molecule has 3 rings (SSSR count). The van der Waals surface area contributed by atoms with Crippen LogP contribution in [0.2, 0.25) is 0 Å². The van der Waals surface area contributed by atoms with Crippen LogP contribution in [-0.2, 0) is 24.0 Å². The average molecular weight is 409 g/mol.